The first-order chi connectivity index (χ1) is 17.2. The van der Waals surface area contributed by atoms with Crippen molar-refractivity contribution in [1.29, 1.82) is 0 Å². The van der Waals surface area contributed by atoms with Gasteiger partial charge in [-0.1, -0.05) is 30.3 Å². The summed E-state index contributed by atoms with van der Waals surface area (Å²) < 4.78 is 38.8. The van der Waals surface area contributed by atoms with Gasteiger partial charge in [0.25, 0.3) is 11.8 Å². The third-order valence-corrected chi connectivity index (χ3v) is 6.88. The maximum atomic E-state index is 15.2. The lowest BCUT2D eigenvalue weighted by atomic mass is 9.90. The number of ether oxygens (including phenoxy) is 2. The zero-order valence-electron chi connectivity index (χ0n) is 19.3. The second-order valence-corrected chi connectivity index (χ2v) is 9.16. The van der Waals surface area contributed by atoms with Crippen molar-refractivity contribution in [3.05, 3.63) is 74.5 Å². The fraction of sp³-hybridized carbons (Fsp3) is 0.280. The molecule has 2 aromatic rings. The molecule has 0 saturated heterocycles. The number of halogens is 3. The number of carbonyl (C=O) groups is 4. The molecular formula is C25H22ClF2NO6S. The summed E-state index contributed by atoms with van der Waals surface area (Å²) in [6.07, 6.45) is 2.45. The molecule has 1 aromatic carbocycles. The number of hydrogen-bond acceptors (Lipinski definition) is 7. The highest BCUT2D eigenvalue weighted by Crippen LogP contribution is 2.41. The van der Waals surface area contributed by atoms with Gasteiger partial charge in [-0.05, 0) is 43.9 Å². The van der Waals surface area contributed by atoms with Crippen LogP contribution in [0.15, 0.2) is 48.1 Å². The van der Waals surface area contributed by atoms with Crippen molar-refractivity contribution in [1.82, 2.24) is 0 Å². The van der Waals surface area contributed by atoms with Crippen LogP contribution in [0.4, 0.5) is 14.5 Å². The minimum Gasteiger partial charge on any atom is -0.469 e. The highest BCUT2D eigenvalue weighted by Gasteiger charge is 2.37. The molecule has 1 aromatic heterocycles. The molecule has 0 N–H and O–H groups in total. The van der Waals surface area contributed by atoms with Crippen molar-refractivity contribution in [2.75, 3.05) is 18.6 Å². The van der Waals surface area contributed by atoms with Crippen LogP contribution in [0.3, 0.4) is 0 Å². The zero-order chi connectivity index (χ0) is 26.4. The molecule has 190 valence electrons. The Hall–Kier alpha value is -3.37. The number of nitrogens with zero attached hydrogens (tertiary/aromatic N) is 1. The summed E-state index contributed by atoms with van der Waals surface area (Å²) in [5.41, 5.74) is -0.800. The summed E-state index contributed by atoms with van der Waals surface area (Å²) in [7, 11) is 1.15. The Morgan fingerprint density at radius 1 is 1.14 bits per heavy atom. The molecule has 7 nitrogen and oxygen atoms in total. The van der Waals surface area contributed by atoms with E-state index in [1.54, 1.807) is 0 Å². The lowest BCUT2D eigenvalue weighted by molar-refractivity contribution is -0.140. The highest BCUT2D eigenvalue weighted by atomic mass is 35.5. The van der Waals surface area contributed by atoms with Gasteiger partial charge in [0.05, 0.1) is 18.6 Å². The SMILES string of the molecule is C=CCOC(=O)C1=C(C(=O)N(C(=O)c2cccc(F)c2)c2c(F)sc(CC(=O)OC)c2Cl)CCCC1. The number of methoxy groups -OCH3 is 1. The Morgan fingerprint density at radius 2 is 1.83 bits per heavy atom. The number of imide groups is 1. The summed E-state index contributed by atoms with van der Waals surface area (Å²) in [6.45, 7) is 3.39. The molecule has 11 heteroatoms. The van der Waals surface area contributed by atoms with Gasteiger partial charge in [0, 0.05) is 21.6 Å². The standard InChI is InChI=1S/C25H22ClF2NO6S/c1-3-11-35-25(33)17-10-5-4-9-16(17)24(32)29(23(31)14-7-6-8-15(27)12-14)21-20(26)18(36-22(21)28)13-19(30)34-2/h3,6-8,12H,1,4-5,9-11,13H2,2H3. The van der Waals surface area contributed by atoms with Crippen molar-refractivity contribution < 1.29 is 37.4 Å². The van der Waals surface area contributed by atoms with Gasteiger partial charge in [0.2, 0.25) is 5.13 Å². The van der Waals surface area contributed by atoms with Crippen molar-refractivity contribution in [3.8, 4) is 0 Å². The Bertz CT molecular complexity index is 1260. The fourth-order valence-corrected chi connectivity index (χ4v) is 4.98. The molecule has 2 amide bonds. The fourth-order valence-electron chi connectivity index (χ4n) is 3.69. The van der Waals surface area contributed by atoms with E-state index in [-0.39, 0.29) is 46.1 Å². The number of thiophene rings is 1. The van der Waals surface area contributed by atoms with Crippen LogP contribution in [0.25, 0.3) is 0 Å². The smallest absolute Gasteiger partial charge is 0.334 e. The molecule has 1 aliphatic rings. The first kappa shape index (κ1) is 27.2. The minimum absolute atomic E-state index is 0.0313. The Balaban J connectivity index is 2.17. The molecule has 1 heterocycles. The summed E-state index contributed by atoms with van der Waals surface area (Å²) >= 11 is 6.83. The summed E-state index contributed by atoms with van der Waals surface area (Å²) in [5, 5.41) is -1.35. The van der Waals surface area contributed by atoms with E-state index in [9.17, 15) is 23.6 Å². The molecule has 0 atom stereocenters. The number of benzene rings is 1. The molecule has 3 rings (SSSR count). The maximum absolute atomic E-state index is 15.2. The van der Waals surface area contributed by atoms with E-state index in [1.807, 2.05) is 0 Å². The van der Waals surface area contributed by atoms with Crippen LogP contribution in [0.1, 0.15) is 40.9 Å². The molecule has 0 aliphatic heterocycles. The van der Waals surface area contributed by atoms with E-state index < -0.39 is 46.8 Å². The number of hydrogen-bond donors (Lipinski definition) is 0. The predicted octanol–water partition coefficient (Wildman–Crippen LogP) is 5.17. The molecule has 0 spiro atoms. The van der Waals surface area contributed by atoms with Crippen LogP contribution in [0.2, 0.25) is 5.02 Å². The number of rotatable bonds is 8. The van der Waals surface area contributed by atoms with E-state index in [2.05, 4.69) is 11.3 Å². The molecule has 0 fully saturated rings. The second kappa shape index (κ2) is 12.0. The minimum atomic E-state index is -1.06. The molecule has 36 heavy (non-hydrogen) atoms. The van der Waals surface area contributed by atoms with Gasteiger partial charge in [0.1, 0.15) is 18.1 Å². The van der Waals surface area contributed by atoms with Crippen molar-refractivity contribution in [3.63, 3.8) is 0 Å². The van der Waals surface area contributed by atoms with E-state index in [0.29, 0.717) is 29.1 Å². The van der Waals surface area contributed by atoms with Gasteiger partial charge >= 0.3 is 11.9 Å². The third-order valence-electron chi connectivity index (χ3n) is 5.39. The summed E-state index contributed by atoms with van der Waals surface area (Å²) in [5.74, 6) is -4.25. The van der Waals surface area contributed by atoms with Crippen LogP contribution in [0.5, 0.6) is 0 Å². The van der Waals surface area contributed by atoms with E-state index in [4.69, 9.17) is 16.3 Å². The number of esters is 2. The largest absolute Gasteiger partial charge is 0.469 e. The van der Waals surface area contributed by atoms with Gasteiger partial charge in [-0.2, -0.15) is 4.39 Å². The molecule has 0 bridgehead atoms. The summed E-state index contributed by atoms with van der Waals surface area (Å²) in [4.78, 5) is 52.2. The van der Waals surface area contributed by atoms with Crippen LogP contribution < -0.4 is 4.90 Å². The molecule has 0 radical (unpaired) electrons. The topological polar surface area (TPSA) is 90.0 Å². The maximum Gasteiger partial charge on any atom is 0.334 e. The normalized spacial score (nSPS) is 13.2. The molecule has 1 aliphatic carbocycles. The quantitative estimate of drug-likeness (QED) is 0.262. The van der Waals surface area contributed by atoms with Crippen LogP contribution in [-0.2, 0) is 30.3 Å². The van der Waals surface area contributed by atoms with E-state index in [0.717, 1.165) is 19.2 Å². The average Bonchev–Trinajstić information content (AvgIpc) is 3.14. The number of anilines is 1. The van der Waals surface area contributed by atoms with Crippen molar-refractivity contribution in [2.24, 2.45) is 0 Å². The number of amides is 2. The first-order valence-electron chi connectivity index (χ1n) is 10.9. The van der Waals surface area contributed by atoms with Crippen LogP contribution in [-0.4, -0.2) is 37.5 Å². The monoisotopic (exact) mass is 537 g/mol. The van der Waals surface area contributed by atoms with Gasteiger partial charge in [-0.25, -0.2) is 14.1 Å². The van der Waals surface area contributed by atoms with Gasteiger partial charge in [0.15, 0.2) is 0 Å². The molecule has 0 unspecified atom stereocenters. The average molecular weight is 538 g/mol. The van der Waals surface area contributed by atoms with Gasteiger partial charge in [-0.3, -0.25) is 14.4 Å². The third kappa shape index (κ3) is 5.88. The first-order valence-corrected chi connectivity index (χ1v) is 12.1. The lowest BCUT2D eigenvalue weighted by Gasteiger charge is -2.25. The van der Waals surface area contributed by atoms with Crippen molar-refractivity contribution >= 4 is 52.4 Å². The Kier molecular flexibility index (Phi) is 9.11. The second-order valence-electron chi connectivity index (χ2n) is 7.72. The zero-order valence-corrected chi connectivity index (χ0v) is 20.8. The van der Waals surface area contributed by atoms with Crippen molar-refractivity contribution in [2.45, 2.75) is 32.1 Å². The molecule has 0 saturated carbocycles. The van der Waals surface area contributed by atoms with Crippen LogP contribution >= 0.6 is 22.9 Å². The van der Waals surface area contributed by atoms with E-state index >= 15 is 4.39 Å². The Morgan fingerprint density at radius 3 is 2.47 bits per heavy atom. The van der Waals surface area contributed by atoms with Gasteiger partial charge in [-0.15, -0.1) is 11.3 Å². The molecular weight excluding hydrogens is 516 g/mol. The Labute approximate surface area is 214 Å². The summed E-state index contributed by atoms with van der Waals surface area (Å²) in [6, 6.07) is 4.52. The van der Waals surface area contributed by atoms with E-state index in [1.165, 1.54) is 18.2 Å². The predicted molar refractivity (Wildman–Crippen MR) is 130 cm³/mol. The lowest BCUT2D eigenvalue weighted by Crippen LogP contribution is -2.40. The van der Waals surface area contributed by atoms with Gasteiger partial charge < -0.3 is 9.47 Å². The highest BCUT2D eigenvalue weighted by molar-refractivity contribution is 7.11. The van der Waals surface area contributed by atoms with Crippen LogP contribution in [0, 0.1) is 10.9 Å². The number of carbonyl (C=O) groups excluding carboxylic acids is 4.